The average molecular weight is 1160 g/mol. The van der Waals surface area contributed by atoms with E-state index in [-0.39, 0.29) is 31.1 Å². The Labute approximate surface area is 515 Å². The number of ether oxygens (including phenoxy) is 3. The third-order valence-electron chi connectivity index (χ3n) is 15.9. The molecular weight excluding hydrogens is 1020 g/mol. The molecule has 0 aliphatic carbocycles. The lowest BCUT2D eigenvalue weighted by molar-refractivity contribution is -0.167. The molecule has 0 aromatic heterocycles. The molecule has 0 N–H and O–H groups in total. The van der Waals surface area contributed by atoms with Gasteiger partial charge in [-0.1, -0.05) is 318 Å². The summed E-state index contributed by atoms with van der Waals surface area (Å²) in [5.74, 6) is -0.878. The summed E-state index contributed by atoms with van der Waals surface area (Å²) in [6.07, 6.45) is 94.6. The molecule has 0 fully saturated rings. The van der Waals surface area contributed by atoms with Crippen LogP contribution in [-0.2, 0) is 28.6 Å². The van der Waals surface area contributed by atoms with E-state index in [4.69, 9.17) is 14.2 Å². The molecule has 1 unspecified atom stereocenters. The molecule has 6 nitrogen and oxygen atoms in total. The van der Waals surface area contributed by atoms with Crippen molar-refractivity contribution >= 4 is 17.9 Å². The Kier molecular flexibility index (Phi) is 68.2. The van der Waals surface area contributed by atoms with Crippen LogP contribution in [0, 0.1) is 0 Å². The summed E-state index contributed by atoms with van der Waals surface area (Å²) in [5, 5.41) is 0. The Bertz CT molecular complexity index is 1570. The van der Waals surface area contributed by atoms with Gasteiger partial charge < -0.3 is 14.2 Å². The second kappa shape index (κ2) is 71.1. The fourth-order valence-electron chi connectivity index (χ4n) is 10.5. The molecule has 0 amide bonds. The van der Waals surface area contributed by atoms with E-state index in [1.807, 2.05) is 0 Å². The molecule has 0 saturated carbocycles. The lowest BCUT2D eigenvalue weighted by Crippen LogP contribution is -2.30. The SMILES string of the molecule is CC/C=C\C/C=C\C/C=C\C/C=C\CCCCCCCCC(=O)OCC(COC(=O)CCCCCCCCCCCCC/C=C\C/C=C\CCCCCCC)OC(=O)CCCCCCCCCCCCC/C=C\CCCCCCCCCC. The monoisotopic (exact) mass is 1160 g/mol. The molecule has 0 aromatic rings. The van der Waals surface area contributed by atoms with Crippen molar-refractivity contribution < 1.29 is 28.6 Å². The largest absolute Gasteiger partial charge is 0.462 e. The molecule has 83 heavy (non-hydrogen) atoms. The summed E-state index contributed by atoms with van der Waals surface area (Å²) in [6, 6.07) is 0. The first kappa shape index (κ1) is 79.6. The minimum atomic E-state index is -0.787. The number of allylic oxidation sites excluding steroid dienone is 14. The maximum absolute atomic E-state index is 13.0. The van der Waals surface area contributed by atoms with Gasteiger partial charge in [0.25, 0.3) is 0 Å². The smallest absolute Gasteiger partial charge is 0.306 e. The van der Waals surface area contributed by atoms with Crippen LogP contribution < -0.4 is 0 Å². The number of rotatable bonds is 66. The maximum Gasteiger partial charge on any atom is 0.306 e. The van der Waals surface area contributed by atoms with Crippen molar-refractivity contribution in [2.75, 3.05) is 13.2 Å². The van der Waals surface area contributed by atoms with Crippen LogP contribution in [0.4, 0.5) is 0 Å². The van der Waals surface area contributed by atoms with Crippen molar-refractivity contribution in [1.82, 2.24) is 0 Å². The molecule has 0 aliphatic heterocycles. The van der Waals surface area contributed by atoms with E-state index in [9.17, 15) is 14.4 Å². The van der Waals surface area contributed by atoms with Crippen LogP contribution in [0.5, 0.6) is 0 Å². The first-order valence-corrected chi connectivity index (χ1v) is 36.1. The fourth-order valence-corrected chi connectivity index (χ4v) is 10.5. The van der Waals surface area contributed by atoms with Gasteiger partial charge in [-0.2, -0.15) is 0 Å². The molecular formula is C77H136O6. The second-order valence-corrected chi connectivity index (χ2v) is 24.1. The zero-order valence-corrected chi connectivity index (χ0v) is 55.2. The summed E-state index contributed by atoms with van der Waals surface area (Å²) < 4.78 is 17.0. The van der Waals surface area contributed by atoms with Crippen molar-refractivity contribution in [2.45, 2.75) is 374 Å². The molecule has 6 heteroatoms. The summed E-state index contributed by atoms with van der Waals surface area (Å²) >= 11 is 0. The van der Waals surface area contributed by atoms with Gasteiger partial charge in [0.1, 0.15) is 13.2 Å². The maximum atomic E-state index is 13.0. The van der Waals surface area contributed by atoms with Crippen molar-refractivity contribution in [3.63, 3.8) is 0 Å². The quantitative estimate of drug-likeness (QED) is 0.0261. The highest BCUT2D eigenvalue weighted by molar-refractivity contribution is 5.71. The molecule has 0 aliphatic rings. The van der Waals surface area contributed by atoms with Gasteiger partial charge in [0.2, 0.25) is 0 Å². The van der Waals surface area contributed by atoms with Gasteiger partial charge in [-0.15, -0.1) is 0 Å². The minimum Gasteiger partial charge on any atom is -0.462 e. The van der Waals surface area contributed by atoms with Crippen molar-refractivity contribution in [3.8, 4) is 0 Å². The van der Waals surface area contributed by atoms with Crippen LogP contribution in [0.25, 0.3) is 0 Å². The lowest BCUT2D eigenvalue weighted by Gasteiger charge is -2.18. The van der Waals surface area contributed by atoms with Crippen LogP contribution in [0.1, 0.15) is 367 Å². The highest BCUT2D eigenvalue weighted by Gasteiger charge is 2.19. The Morgan fingerprint density at radius 3 is 0.747 bits per heavy atom. The van der Waals surface area contributed by atoms with Crippen molar-refractivity contribution in [2.24, 2.45) is 0 Å². The minimum absolute atomic E-state index is 0.0805. The number of carbonyl (C=O) groups excluding carboxylic acids is 3. The number of hydrogen-bond donors (Lipinski definition) is 0. The highest BCUT2D eigenvalue weighted by atomic mass is 16.6. The molecule has 0 aromatic carbocycles. The van der Waals surface area contributed by atoms with Gasteiger partial charge in [0, 0.05) is 19.3 Å². The highest BCUT2D eigenvalue weighted by Crippen LogP contribution is 2.17. The van der Waals surface area contributed by atoms with E-state index in [0.29, 0.717) is 19.3 Å². The molecule has 1 atom stereocenters. The van der Waals surface area contributed by atoms with Crippen LogP contribution in [0.3, 0.4) is 0 Å². The third kappa shape index (κ3) is 69.3. The van der Waals surface area contributed by atoms with Crippen LogP contribution in [0.15, 0.2) is 85.1 Å². The molecule has 480 valence electrons. The third-order valence-corrected chi connectivity index (χ3v) is 15.9. The van der Waals surface area contributed by atoms with Crippen LogP contribution >= 0.6 is 0 Å². The molecule has 0 radical (unpaired) electrons. The lowest BCUT2D eigenvalue weighted by atomic mass is 10.0. The zero-order chi connectivity index (χ0) is 59.9. The predicted octanol–water partition coefficient (Wildman–Crippen LogP) is 25.0. The van der Waals surface area contributed by atoms with E-state index in [1.54, 1.807) is 0 Å². The van der Waals surface area contributed by atoms with Gasteiger partial charge in [-0.05, 0) is 116 Å². The number of carbonyl (C=O) groups is 3. The van der Waals surface area contributed by atoms with E-state index < -0.39 is 6.10 Å². The van der Waals surface area contributed by atoms with E-state index in [1.165, 1.54) is 231 Å². The standard InChI is InChI=1S/C77H136O6/c1-4-7-10-13-16-19-22-25-28-31-34-36-38-40-43-46-49-52-55-58-61-64-67-70-76(79)82-73-74(72-81-75(78)69-66-63-60-57-54-51-48-45-42-33-30-27-24-21-18-15-12-9-6-3)83-77(80)71-68-65-62-59-56-53-50-47-44-41-39-37-35-32-29-26-23-20-17-14-11-8-5-2/h9,12,18,21-22,25,27,30-32,34-35,42,45,74H,4-8,10-11,13-17,19-20,23-24,26,28-29,33,36-41,43-44,46-73H2,1-3H3/b12-9-,21-18-,25-22-,30-27-,34-31-,35-32-,45-42-. The normalized spacial score (nSPS) is 12.6. The summed E-state index contributed by atoms with van der Waals surface area (Å²) in [6.45, 7) is 6.56. The first-order valence-electron chi connectivity index (χ1n) is 36.1. The molecule has 0 spiro atoms. The second-order valence-electron chi connectivity index (χ2n) is 24.1. The molecule has 0 bridgehead atoms. The van der Waals surface area contributed by atoms with Gasteiger partial charge >= 0.3 is 17.9 Å². The Morgan fingerprint density at radius 2 is 0.470 bits per heavy atom. The Hall–Kier alpha value is -3.41. The first-order chi connectivity index (χ1) is 41.0. The summed E-state index contributed by atoms with van der Waals surface area (Å²) in [5.41, 5.74) is 0. The van der Waals surface area contributed by atoms with Crippen molar-refractivity contribution in [3.05, 3.63) is 85.1 Å². The van der Waals surface area contributed by atoms with Crippen LogP contribution in [0.2, 0.25) is 0 Å². The summed E-state index contributed by atoms with van der Waals surface area (Å²) in [7, 11) is 0. The molecule has 0 heterocycles. The van der Waals surface area contributed by atoms with Gasteiger partial charge in [0.15, 0.2) is 6.10 Å². The molecule has 0 rings (SSSR count). The topological polar surface area (TPSA) is 78.9 Å². The summed E-state index contributed by atoms with van der Waals surface area (Å²) in [4.78, 5) is 38.5. The zero-order valence-electron chi connectivity index (χ0n) is 55.2. The van der Waals surface area contributed by atoms with E-state index >= 15 is 0 Å². The van der Waals surface area contributed by atoms with Crippen molar-refractivity contribution in [1.29, 1.82) is 0 Å². The number of hydrogen-bond acceptors (Lipinski definition) is 6. The predicted molar refractivity (Wildman–Crippen MR) is 362 cm³/mol. The fraction of sp³-hybridized carbons (Fsp3) is 0.779. The van der Waals surface area contributed by atoms with Gasteiger partial charge in [-0.25, -0.2) is 0 Å². The van der Waals surface area contributed by atoms with Gasteiger partial charge in [-0.3, -0.25) is 14.4 Å². The van der Waals surface area contributed by atoms with E-state index in [0.717, 1.165) is 96.3 Å². The van der Waals surface area contributed by atoms with E-state index in [2.05, 4.69) is 106 Å². The Balaban J connectivity index is 4.37. The Morgan fingerprint density at radius 1 is 0.253 bits per heavy atom. The van der Waals surface area contributed by atoms with Gasteiger partial charge in [0.05, 0.1) is 0 Å². The number of esters is 3. The molecule has 0 saturated heterocycles. The van der Waals surface area contributed by atoms with Crippen LogP contribution in [-0.4, -0.2) is 37.2 Å². The average Bonchev–Trinajstić information content (AvgIpc) is 3.49. The number of unbranched alkanes of at least 4 members (excludes halogenated alkanes) is 41.